The normalized spacial score (nSPS) is 13.9. The Balaban J connectivity index is 1.45. The van der Waals surface area contributed by atoms with E-state index in [1.54, 1.807) is 44.7 Å². The van der Waals surface area contributed by atoms with E-state index in [1.165, 1.54) is 6.20 Å². The minimum Gasteiger partial charge on any atom is -0.292 e. The van der Waals surface area contributed by atoms with Gasteiger partial charge in [0.05, 0.1) is 47.4 Å². The van der Waals surface area contributed by atoms with E-state index in [2.05, 4.69) is 20.2 Å². The Labute approximate surface area is 219 Å². The van der Waals surface area contributed by atoms with Crippen molar-refractivity contribution >= 4 is 34.9 Å². The van der Waals surface area contributed by atoms with Crippen LogP contribution in [0.2, 0.25) is 10.0 Å². The standard InChI is InChI=1S/C24H20Cl2F3N7O/c1-13(2)36-23(17(26)9-31-36)18-8-21-34(22(37)5-6-35(21)33-18)12-14-3-4-15(16(25)7-14)19-10-30-11-20(32-19)24(27,28)29/h3-4,7-11,13H,5-6,12H2,1-2H3. The molecule has 0 atom stereocenters. The van der Waals surface area contributed by atoms with Gasteiger partial charge in [0, 0.05) is 24.1 Å². The molecule has 4 heterocycles. The molecular weight excluding hydrogens is 530 g/mol. The number of rotatable bonds is 5. The van der Waals surface area contributed by atoms with Crippen molar-refractivity contribution < 1.29 is 18.0 Å². The van der Waals surface area contributed by atoms with Gasteiger partial charge in [0.15, 0.2) is 5.69 Å². The van der Waals surface area contributed by atoms with Gasteiger partial charge in [0.2, 0.25) is 5.91 Å². The lowest BCUT2D eigenvalue weighted by Crippen LogP contribution is -2.36. The molecule has 0 saturated carbocycles. The molecule has 3 aromatic heterocycles. The number of aryl methyl sites for hydroxylation is 1. The molecule has 1 aliphatic rings. The topological polar surface area (TPSA) is 81.7 Å². The van der Waals surface area contributed by atoms with Crippen molar-refractivity contribution in [2.75, 3.05) is 4.90 Å². The number of amides is 1. The monoisotopic (exact) mass is 549 g/mol. The van der Waals surface area contributed by atoms with Crippen molar-refractivity contribution in [3.05, 3.63) is 64.2 Å². The van der Waals surface area contributed by atoms with E-state index < -0.39 is 11.9 Å². The fourth-order valence-corrected chi connectivity index (χ4v) is 4.72. The van der Waals surface area contributed by atoms with Gasteiger partial charge < -0.3 is 0 Å². The summed E-state index contributed by atoms with van der Waals surface area (Å²) in [5.41, 5.74) is 1.15. The molecule has 37 heavy (non-hydrogen) atoms. The summed E-state index contributed by atoms with van der Waals surface area (Å²) in [6, 6.07) is 6.72. The number of alkyl halides is 3. The Kier molecular flexibility index (Phi) is 6.45. The zero-order valence-corrected chi connectivity index (χ0v) is 21.2. The van der Waals surface area contributed by atoms with Crippen LogP contribution in [0.3, 0.4) is 0 Å². The maximum absolute atomic E-state index is 13.0. The third-order valence-corrected chi connectivity index (χ3v) is 6.52. The van der Waals surface area contributed by atoms with Gasteiger partial charge in [-0.25, -0.2) is 9.67 Å². The number of fused-ring (bicyclic) bond motifs is 1. The van der Waals surface area contributed by atoms with Crippen molar-refractivity contribution in [3.8, 4) is 22.6 Å². The number of aromatic nitrogens is 6. The lowest BCUT2D eigenvalue weighted by Gasteiger charge is -2.27. The maximum Gasteiger partial charge on any atom is 0.434 e. The Hall–Kier alpha value is -3.44. The van der Waals surface area contributed by atoms with E-state index in [9.17, 15) is 18.0 Å². The molecular formula is C24H20Cl2F3N7O. The highest BCUT2D eigenvalue weighted by molar-refractivity contribution is 6.33. The summed E-state index contributed by atoms with van der Waals surface area (Å²) in [7, 11) is 0. The predicted molar refractivity (Wildman–Crippen MR) is 132 cm³/mol. The smallest absolute Gasteiger partial charge is 0.292 e. The number of halogens is 5. The number of anilines is 1. The molecule has 0 N–H and O–H groups in total. The molecule has 13 heteroatoms. The second-order valence-corrected chi connectivity index (χ2v) is 9.64. The largest absolute Gasteiger partial charge is 0.434 e. The van der Waals surface area contributed by atoms with E-state index in [-0.39, 0.29) is 35.6 Å². The highest BCUT2D eigenvalue weighted by atomic mass is 35.5. The van der Waals surface area contributed by atoms with Gasteiger partial charge in [0.1, 0.15) is 17.2 Å². The summed E-state index contributed by atoms with van der Waals surface area (Å²) in [5.74, 6) is 0.508. The number of nitrogens with zero attached hydrogens (tertiary/aromatic N) is 7. The number of hydrogen-bond donors (Lipinski definition) is 0. The highest BCUT2D eigenvalue weighted by Crippen LogP contribution is 2.35. The van der Waals surface area contributed by atoms with E-state index in [0.717, 1.165) is 0 Å². The number of carbonyl (C=O) groups excluding carboxylic acids is 1. The lowest BCUT2D eigenvalue weighted by atomic mass is 10.1. The Bertz CT molecular complexity index is 1500. The van der Waals surface area contributed by atoms with Gasteiger partial charge >= 0.3 is 6.18 Å². The first-order valence-corrected chi connectivity index (χ1v) is 12.1. The van der Waals surface area contributed by atoms with Gasteiger partial charge in [-0.1, -0.05) is 35.3 Å². The third-order valence-electron chi connectivity index (χ3n) is 5.93. The summed E-state index contributed by atoms with van der Waals surface area (Å²) < 4.78 is 42.7. The first kappa shape index (κ1) is 25.2. The van der Waals surface area contributed by atoms with Crippen LogP contribution in [0.4, 0.5) is 19.0 Å². The van der Waals surface area contributed by atoms with Crippen molar-refractivity contribution in [1.29, 1.82) is 0 Å². The fourth-order valence-electron chi connectivity index (χ4n) is 4.19. The molecule has 192 valence electrons. The van der Waals surface area contributed by atoms with Gasteiger partial charge in [0.25, 0.3) is 0 Å². The molecule has 0 unspecified atom stereocenters. The number of carbonyl (C=O) groups is 1. The van der Waals surface area contributed by atoms with Crippen LogP contribution in [-0.2, 0) is 24.1 Å². The number of benzene rings is 1. The first-order valence-electron chi connectivity index (χ1n) is 11.3. The van der Waals surface area contributed by atoms with Crippen molar-refractivity contribution in [1.82, 2.24) is 29.5 Å². The Morgan fingerprint density at radius 1 is 1.05 bits per heavy atom. The zero-order chi connectivity index (χ0) is 26.5. The lowest BCUT2D eigenvalue weighted by molar-refractivity contribution is -0.141. The summed E-state index contributed by atoms with van der Waals surface area (Å²) in [6.45, 7) is 4.58. The molecule has 1 aromatic carbocycles. The molecule has 5 rings (SSSR count). The molecule has 1 amide bonds. The average molecular weight is 550 g/mol. The van der Waals surface area contributed by atoms with E-state index >= 15 is 0 Å². The van der Waals surface area contributed by atoms with E-state index in [1.807, 2.05) is 13.8 Å². The summed E-state index contributed by atoms with van der Waals surface area (Å²) in [4.78, 5) is 21.8. The van der Waals surface area contributed by atoms with E-state index in [0.29, 0.717) is 46.1 Å². The molecule has 1 aliphatic heterocycles. The molecule has 0 fully saturated rings. The minimum atomic E-state index is -4.62. The summed E-state index contributed by atoms with van der Waals surface area (Å²) >= 11 is 12.8. The van der Waals surface area contributed by atoms with Gasteiger partial charge in [-0.2, -0.15) is 23.4 Å². The van der Waals surface area contributed by atoms with Gasteiger partial charge in [-0.15, -0.1) is 0 Å². The minimum absolute atomic E-state index is 0.00165. The maximum atomic E-state index is 13.0. The molecule has 0 bridgehead atoms. The van der Waals surface area contributed by atoms with Crippen molar-refractivity contribution in [2.24, 2.45) is 0 Å². The molecule has 8 nitrogen and oxygen atoms in total. The average Bonchev–Trinajstić information content (AvgIpc) is 3.44. The Morgan fingerprint density at radius 3 is 2.54 bits per heavy atom. The van der Waals surface area contributed by atoms with Gasteiger partial charge in [-0.3, -0.25) is 19.4 Å². The van der Waals surface area contributed by atoms with Crippen LogP contribution in [0.1, 0.15) is 37.6 Å². The van der Waals surface area contributed by atoms with Crippen LogP contribution >= 0.6 is 23.2 Å². The quantitative estimate of drug-likeness (QED) is 0.303. The van der Waals surface area contributed by atoms with Crippen LogP contribution in [0.5, 0.6) is 0 Å². The summed E-state index contributed by atoms with van der Waals surface area (Å²) in [6.07, 6.45) is -0.916. The zero-order valence-electron chi connectivity index (χ0n) is 19.7. The molecule has 0 aliphatic carbocycles. The first-order chi connectivity index (χ1) is 17.5. The molecule has 0 spiro atoms. The third kappa shape index (κ3) is 4.80. The predicted octanol–water partition coefficient (Wildman–Crippen LogP) is 6.05. The SMILES string of the molecule is CC(C)n1ncc(Cl)c1-c1cc2n(n1)CCC(=O)N2Cc1ccc(-c2cncc(C(F)(F)F)n2)c(Cl)c1. The molecule has 0 saturated heterocycles. The van der Waals surface area contributed by atoms with Crippen LogP contribution in [0.25, 0.3) is 22.6 Å². The van der Waals surface area contributed by atoms with Crippen molar-refractivity contribution in [2.45, 2.75) is 45.6 Å². The molecule has 0 radical (unpaired) electrons. The highest BCUT2D eigenvalue weighted by Gasteiger charge is 2.33. The Morgan fingerprint density at radius 2 is 1.84 bits per heavy atom. The second kappa shape index (κ2) is 9.46. The fraction of sp³-hybridized carbons (Fsp3) is 0.292. The molecule has 4 aromatic rings. The van der Waals surface area contributed by atoms with Crippen LogP contribution < -0.4 is 4.90 Å². The van der Waals surface area contributed by atoms with Crippen LogP contribution in [-0.4, -0.2) is 35.4 Å². The summed E-state index contributed by atoms with van der Waals surface area (Å²) in [5, 5.41) is 9.65. The van der Waals surface area contributed by atoms with Crippen LogP contribution in [0, 0.1) is 0 Å². The van der Waals surface area contributed by atoms with E-state index in [4.69, 9.17) is 23.2 Å². The van der Waals surface area contributed by atoms with Crippen LogP contribution in [0.15, 0.2) is 42.9 Å². The second-order valence-electron chi connectivity index (χ2n) is 8.82. The van der Waals surface area contributed by atoms with Gasteiger partial charge in [-0.05, 0) is 25.5 Å². The van der Waals surface area contributed by atoms with Crippen molar-refractivity contribution in [3.63, 3.8) is 0 Å². The number of hydrogen-bond acceptors (Lipinski definition) is 5.